The molecule has 0 heterocycles. The zero-order valence-electron chi connectivity index (χ0n) is 12.0. The molecule has 0 aliphatic heterocycles. The number of anilines is 1. The van der Waals surface area contributed by atoms with Gasteiger partial charge in [0, 0.05) is 4.47 Å². The second-order valence-electron chi connectivity index (χ2n) is 4.94. The molecule has 21 heavy (non-hydrogen) atoms. The highest BCUT2D eigenvalue weighted by molar-refractivity contribution is 9.10. The van der Waals surface area contributed by atoms with Crippen molar-refractivity contribution >= 4 is 27.5 Å². The molecular weight excluding hydrogens is 328 g/mol. The van der Waals surface area contributed by atoms with Crippen LogP contribution in [0, 0.1) is 6.92 Å². The van der Waals surface area contributed by atoms with E-state index in [0.29, 0.717) is 6.54 Å². The summed E-state index contributed by atoms with van der Waals surface area (Å²) in [6.45, 7) is 3.11. The van der Waals surface area contributed by atoms with Crippen LogP contribution in [0.15, 0.2) is 53.0 Å². The predicted molar refractivity (Wildman–Crippen MR) is 90.5 cm³/mol. The van der Waals surface area contributed by atoms with Crippen LogP contribution in [0.2, 0.25) is 0 Å². The third-order valence-corrected chi connectivity index (χ3v) is 3.77. The molecule has 0 spiro atoms. The van der Waals surface area contributed by atoms with Gasteiger partial charge in [-0.3, -0.25) is 4.79 Å². The topological polar surface area (TPSA) is 41.1 Å². The van der Waals surface area contributed by atoms with Crippen LogP contribution in [0.3, 0.4) is 0 Å². The number of benzene rings is 2. The summed E-state index contributed by atoms with van der Waals surface area (Å²) in [7, 11) is 0. The molecule has 0 aliphatic rings. The van der Waals surface area contributed by atoms with Gasteiger partial charge in [-0.05, 0) is 59.1 Å². The molecule has 1 amide bonds. The smallest absolute Gasteiger partial charge is 0.238 e. The lowest BCUT2D eigenvalue weighted by molar-refractivity contribution is -0.115. The first kappa shape index (κ1) is 15.7. The molecule has 0 fully saturated rings. The van der Waals surface area contributed by atoms with Crippen molar-refractivity contribution in [2.75, 3.05) is 18.4 Å². The first-order valence-corrected chi connectivity index (χ1v) is 7.75. The molecule has 0 unspecified atom stereocenters. The maximum atomic E-state index is 11.9. The summed E-state index contributed by atoms with van der Waals surface area (Å²) < 4.78 is 0.903. The Labute approximate surface area is 133 Å². The van der Waals surface area contributed by atoms with E-state index >= 15 is 0 Å². The van der Waals surface area contributed by atoms with Crippen LogP contribution in [0.5, 0.6) is 0 Å². The van der Waals surface area contributed by atoms with Gasteiger partial charge in [-0.25, -0.2) is 0 Å². The van der Waals surface area contributed by atoms with E-state index in [9.17, 15) is 4.79 Å². The van der Waals surface area contributed by atoms with Gasteiger partial charge in [0.25, 0.3) is 0 Å². The third-order valence-electron chi connectivity index (χ3n) is 3.12. The van der Waals surface area contributed by atoms with Crippen LogP contribution in [-0.4, -0.2) is 19.0 Å². The van der Waals surface area contributed by atoms with Gasteiger partial charge < -0.3 is 10.6 Å². The highest BCUT2D eigenvalue weighted by Crippen LogP contribution is 2.23. The van der Waals surface area contributed by atoms with Gasteiger partial charge in [-0.1, -0.05) is 36.4 Å². The van der Waals surface area contributed by atoms with E-state index < -0.39 is 0 Å². The number of carbonyl (C=O) groups excluding carboxylic acids is 1. The summed E-state index contributed by atoms with van der Waals surface area (Å²) in [5, 5.41) is 6.05. The summed E-state index contributed by atoms with van der Waals surface area (Å²) in [4.78, 5) is 11.9. The van der Waals surface area contributed by atoms with E-state index in [1.807, 2.05) is 43.3 Å². The van der Waals surface area contributed by atoms with Gasteiger partial charge in [0.15, 0.2) is 0 Å². The molecule has 110 valence electrons. The Morgan fingerprint density at radius 3 is 2.62 bits per heavy atom. The highest BCUT2D eigenvalue weighted by Gasteiger charge is 2.05. The molecule has 3 nitrogen and oxygen atoms in total. The van der Waals surface area contributed by atoms with Crippen molar-refractivity contribution in [3.63, 3.8) is 0 Å². The van der Waals surface area contributed by atoms with E-state index in [1.165, 1.54) is 5.56 Å². The Kier molecular flexibility index (Phi) is 5.96. The summed E-state index contributed by atoms with van der Waals surface area (Å²) in [5.41, 5.74) is 3.23. The van der Waals surface area contributed by atoms with E-state index in [4.69, 9.17) is 0 Å². The van der Waals surface area contributed by atoms with Crippen LogP contribution in [0.4, 0.5) is 5.69 Å². The predicted octanol–water partition coefficient (Wildman–Crippen LogP) is 3.53. The Bertz CT molecular complexity index is 599. The lowest BCUT2D eigenvalue weighted by Gasteiger charge is -2.09. The number of carbonyl (C=O) groups is 1. The average Bonchev–Trinajstić information content (AvgIpc) is 2.48. The fourth-order valence-corrected chi connectivity index (χ4v) is 2.59. The van der Waals surface area contributed by atoms with Crippen molar-refractivity contribution in [3.05, 3.63) is 64.1 Å². The molecule has 2 rings (SSSR count). The summed E-state index contributed by atoms with van der Waals surface area (Å²) in [5.74, 6) is -0.0346. The first-order valence-electron chi connectivity index (χ1n) is 6.96. The minimum absolute atomic E-state index is 0.0346. The average molecular weight is 347 g/mol. The molecule has 2 aromatic rings. The molecule has 0 atom stereocenters. The lowest BCUT2D eigenvalue weighted by Crippen LogP contribution is -2.29. The van der Waals surface area contributed by atoms with Crippen molar-refractivity contribution < 1.29 is 4.79 Å². The molecule has 0 saturated carbocycles. The molecule has 2 aromatic carbocycles. The number of hydrogen-bond acceptors (Lipinski definition) is 2. The van der Waals surface area contributed by atoms with Crippen LogP contribution in [0.25, 0.3) is 0 Å². The van der Waals surface area contributed by atoms with Crippen molar-refractivity contribution in [3.8, 4) is 0 Å². The zero-order chi connectivity index (χ0) is 15.1. The Morgan fingerprint density at radius 2 is 1.90 bits per heavy atom. The number of aryl methyl sites for hydroxylation is 1. The van der Waals surface area contributed by atoms with Crippen LogP contribution in [0.1, 0.15) is 11.1 Å². The fraction of sp³-hybridized carbons (Fsp3) is 0.235. The molecule has 0 aromatic heterocycles. The number of halogens is 1. The van der Waals surface area contributed by atoms with E-state index in [1.54, 1.807) is 0 Å². The number of amides is 1. The second-order valence-corrected chi connectivity index (χ2v) is 5.80. The van der Waals surface area contributed by atoms with E-state index in [0.717, 1.165) is 28.7 Å². The normalized spacial score (nSPS) is 10.4. The molecule has 2 N–H and O–H groups in total. The molecule has 0 bridgehead atoms. The van der Waals surface area contributed by atoms with Gasteiger partial charge in [-0.15, -0.1) is 0 Å². The minimum atomic E-state index is -0.0346. The summed E-state index contributed by atoms with van der Waals surface area (Å²) >= 11 is 3.45. The maximum absolute atomic E-state index is 11.9. The van der Waals surface area contributed by atoms with Crippen LogP contribution < -0.4 is 10.6 Å². The van der Waals surface area contributed by atoms with E-state index in [2.05, 4.69) is 38.7 Å². The highest BCUT2D eigenvalue weighted by atomic mass is 79.9. The fourth-order valence-electron chi connectivity index (χ4n) is 2.00. The van der Waals surface area contributed by atoms with Gasteiger partial charge in [0.2, 0.25) is 5.91 Å². The standard InChI is InChI=1S/C17H19BrN2O/c1-13-7-8-16(15(18)11-13)20-17(21)12-19-10-9-14-5-3-2-4-6-14/h2-8,11,19H,9-10,12H2,1H3,(H,20,21). The monoisotopic (exact) mass is 346 g/mol. The Hall–Kier alpha value is -1.65. The maximum Gasteiger partial charge on any atom is 0.238 e. The Balaban J connectivity index is 1.72. The van der Waals surface area contributed by atoms with Crippen molar-refractivity contribution in [2.45, 2.75) is 13.3 Å². The zero-order valence-corrected chi connectivity index (χ0v) is 13.6. The summed E-state index contributed by atoms with van der Waals surface area (Å²) in [6.07, 6.45) is 0.919. The third kappa shape index (κ3) is 5.33. The number of rotatable bonds is 6. The Morgan fingerprint density at radius 1 is 1.14 bits per heavy atom. The quantitative estimate of drug-likeness (QED) is 0.785. The van der Waals surface area contributed by atoms with E-state index in [-0.39, 0.29) is 5.91 Å². The number of hydrogen-bond donors (Lipinski definition) is 2. The minimum Gasteiger partial charge on any atom is -0.324 e. The largest absolute Gasteiger partial charge is 0.324 e. The van der Waals surface area contributed by atoms with Crippen LogP contribution >= 0.6 is 15.9 Å². The van der Waals surface area contributed by atoms with Crippen molar-refractivity contribution in [2.24, 2.45) is 0 Å². The van der Waals surface area contributed by atoms with Gasteiger partial charge in [0.1, 0.15) is 0 Å². The molecule has 0 radical (unpaired) electrons. The lowest BCUT2D eigenvalue weighted by atomic mass is 10.1. The first-order chi connectivity index (χ1) is 10.1. The van der Waals surface area contributed by atoms with Crippen LogP contribution in [-0.2, 0) is 11.2 Å². The van der Waals surface area contributed by atoms with Gasteiger partial charge in [0.05, 0.1) is 12.2 Å². The molecular formula is C17H19BrN2O. The SMILES string of the molecule is Cc1ccc(NC(=O)CNCCc2ccccc2)c(Br)c1. The number of nitrogens with one attached hydrogen (secondary N) is 2. The van der Waals surface area contributed by atoms with Crippen molar-refractivity contribution in [1.29, 1.82) is 0 Å². The second kappa shape index (κ2) is 7.96. The molecule has 4 heteroatoms. The van der Waals surface area contributed by atoms with Crippen molar-refractivity contribution in [1.82, 2.24) is 5.32 Å². The van der Waals surface area contributed by atoms with Gasteiger partial charge >= 0.3 is 0 Å². The molecule has 0 aliphatic carbocycles. The van der Waals surface area contributed by atoms with Gasteiger partial charge in [-0.2, -0.15) is 0 Å². The summed E-state index contributed by atoms with van der Waals surface area (Å²) in [6, 6.07) is 16.1. The molecule has 0 saturated heterocycles.